The molecule has 21 heavy (non-hydrogen) atoms. The third-order valence-electron chi connectivity index (χ3n) is 4.70. The zero-order valence-electron chi connectivity index (χ0n) is 12.7. The monoisotopic (exact) mass is 297 g/mol. The Morgan fingerprint density at radius 3 is 2.10 bits per heavy atom. The van der Waals surface area contributed by atoms with Gasteiger partial charge in [-0.05, 0) is 19.3 Å². The number of likely N-dealkylation sites (tertiary alicyclic amines) is 1. The van der Waals surface area contributed by atoms with Crippen LogP contribution in [0.2, 0.25) is 0 Å². The van der Waals surface area contributed by atoms with Crippen molar-refractivity contribution in [2.24, 2.45) is 0 Å². The van der Waals surface area contributed by atoms with E-state index < -0.39 is 11.5 Å². The molecule has 3 amide bonds. The Bertz CT molecular complexity index is 446. The third kappa shape index (κ3) is 2.69. The van der Waals surface area contributed by atoms with Crippen molar-refractivity contribution in [2.75, 3.05) is 32.7 Å². The second kappa shape index (κ2) is 5.91. The van der Waals surface area contributed by atoms with E-state index in [-0.39, 0.29) is 11.9 Å². The molecule has 7 nitrogen and oxygen atoms in total. The first-order valence-electron chi connectivity index (χ1n) is 7.48. The van der Waals surface area contributed by atoms with Crippen molar-refractivity contribution in [3.8, 4) is 0 Å². The van der Waals surface area contributed by atoms with E-state index in [1.165, 1.54) is 11.8 Å². The lowest BCUT2D eigenvalue weighted by Gasteiger charge is -2.40. The van der Waals surface area contributed by atoms with E-state index in [1.54, 1.807) is 9.80 Å². The highest BCUT2D eigenvalue weighted by molar-refractivity contribution is 5.87. The average molecular weight is 297 g/mol. The molecule has 0 aliphatic carbocycles. The minimum absolute atomic E-state index is 0.0108. The van der Waals surface area contributed by atoms with Crippen LogP contribution in [0, 0.1) is 0 Å². The van der Waals surface area contributed by atoms with Crippen molar-refractivity contribution < 1.29 is 19.5 Å². The summed E-state index contributed by atoms with van der Waals surface area (Å²) in [5.74, 6) is -0.907. The molecule has 0 saturated carbocycles. The fourth-order valence-electron chi connectivity index (χ4n) is 3.28. The molecule has 1 unspecified atom stereocenters. The highest BCUT2D eigenvalue weighted by Gasteiger charge is 2.49. The molecule has 0 aromatic heterocycles. The van der Waals surface area contributed by atoms with Crippen LogP contribution in [0.15, 0.2) is 0 Å². The van der Waals surface area contributed by atoms with Gasteiger partial charge in [-0.15, -0.1) is 0 Å². The number of amides is 3. The van der Waals surface area contributed by atoms with E-state index >= 15 is 0 Å². The number of rotatable bonds is 2. The maximum Gasteiger partial charge on any atom is 0.329 e. The summed E-state index contributed by atoms with van der Waals surface area (Å²) < 4.78 is 0. The first kappa shape index (κ1) is 15.6. The lowest BCUT2D eigenvalue weighted by atomic mass is 9.93. The molecule has 1 atom stereocenters. The minimum Gasteiger partial charge on any atom is -0.479 e. The number of hydrogen-bond acceptors (Lipinski definition) is 3. The number of urea groups is 1. The maximum atomic E-state index is 12.6. The standard InChI is InChI=1S/C14H23N3O4/c1-3-14(12(19)20)5-4-6-17(14)13(21)16-9-7-15(8-10-16)11(2)18/h3-10H2,1-2H3,(H,19,20). The van der Waals surface area contributed by atoms with Crippen molar-refractivity contribution in [3.05, 3.63) is 0 Å². The van der Waals surface area contributed by atoms with E-state index in [0.717, 1.165) is 6.42 Å². The van der Waals surface area contributed by atoms with Gasteiger partial charge in [-0.2, -0.15) is 0 Å². The fraction of sp³-hybridized carbons (Fsp3) is 0.786. The molecule has 2 heterocycles. The van der Waals surface area contributed by atoms with Crippen LogP contribution >= 0.6 is 0 Å². The molecule has 2 aliphatic rings. The van der Waals surface area contributed by atoms with Crippen molar-refractivity contribution in [2.45, 2.75) is 38.6 Å². The topological polar surface area (TPSA) is 81.2 Å². The molecule has 2 fully saturated rings. The van der Waals surface area contributed by atoms with Gasteiger partial charge < -0.3 is 19.8 Å². The van der Waals surface area contributed by atoms with E-state index in [2.05, 4.69) is 0 Å². The molecule has 0 bridgehead atoms. The van der Waals surface area contributed by atoms with Crippen LogP contribution < -0.4 is 0 Å². The van der Waals surface area contributed by atoms with Crippen molar-refractivity contribution in [1.82, 2.24) is 14.7 Å². The fourth-order valence-corrected chi connectivity index (χ4v) is 3.28. The number of nitrogens with zero attached hydrogens (tertiary/aromatic N) is 3. The van der Waals surface area contributed by atoms with Crippen molar-refractivity contribution in [1.29, 1.82) is 0 Å². The Balaban J connectivity index is 2.06. The first-order valence-corrected chi connectivity index (χ1v) is 7.48. The second-order valence-corrected chi connectivity index (χ2v) is 5.72. The molecule has 0 aromatic carbocycles. The number of piperazine rings is 1. The summed E-state index contributed by atoms with van der Waals surface area (Å²) in [5, 5.41) is 9.53. The molecule has 1 N–H and O–H groups in total. The van der Waals surface area contributed by atoms with Crippen LogP contribution in [0.5, 0.6) is 0 Å². The SMILES string of the molecule is CCC1(C(=O)O)CCCN1C(=O)N1CCN(C(C)=O)CC1. The number of aliphatic carboxylic acids is 1. The zero-order valence-corrected chi connectivity index (χ0v) is 12.7. The average Bonchev–Trinajstić information content (AvgIpc) is 2.91. The van der Waals surface area contributed by atoms with Gasteiger partial charge in [-0.1, -0.05) is 6.92 Å². The number of carboxylic acids is 1. The van der Waals surface area contributed by atoms with Gasteiger partial charge in [0.1, 0.15) is 5.54 Å². The molecule has 2 saturated heterocycles. The van der Waals surface area contributed by atoms with E-state index in [1.807, 2.05) is 6.92 Å². The maximum absolute atomic E-state index is 12.6. The summed E-state index contributed by atoms with van der Waals surface area (Å²) in [4.78, 5) is 40.5. The lowest BCUT2D eigenvalue weighted by Crippen LogP contribution is -2.59. The number of carboxylic acid groups (broad SMARTS) is 1. The van der Waals surface area contributed by atoms with Gasteiger partial charge in [0.25, 0.3) is 0 Å². The molecular formula is C14H23N3O4. The van der Waals surface area contributed by atoms with Gasteiger partial charge in [0.2, 0.25) is 5.91 Å². The number of hydrogen-bond donors (Lipinski definition) is 1. The van der Waals surface area contributed by atoms with Gasteiger partial charge in [-0.25, -0.2) is 9.59 Å². The van der Waals surface area contributed by atoms with Crippen LogP contribution in [0.25, 0.3) is 0 Å². The Morgan fingerprint density at radius 1 is 1.05 bits per heavy atom. The molecule has 0 spiro atoms. The Hall–Kier alpha value is -1.79. The number of carbonyl (C=O) groups excluding carboxylic acids is 2. The predicted molar refractivity (Wildman–Crippen MR) is 75.8 cm³/mol. The highest BCUT2D eigenvalue weighted by Crippen LogP contribution is 2.33. The molecular weight excluding hydrogens is 274 g/mol. The largest absolute Gasteiger partial charge is 0.479 e. The van der Waals surface area contributed by atoms with Gasteiger partial charge in [0.05, 0.1) is 0 Å². The van der Waals surface area contributed by atoms with E-state index in [0.29, 0.717) is 45.6 Å². The first-order chi connectivity index (χ1) is 9.92. The molecule has 7 heteroatoms. The smallest absolute Gasteiger partial charge is 0.329 e. The molecule has 0 radical (unpaired) electrons. The van der Waals surface area contributed by atoms with E-state index in [9.17, 15) is 19.5 Å². The Labute approximate surface area is 124 Å². The lowest BCUT2D eigenvalue weighted by molar-refractivity contribution is -0.148. The molecule has 0 aromatic rings. The predicted octanol–water partition coefficient (Wildman–Crippen LogP) is 0.600. The van der Waals surface area contributed by atoms with Crippen LogP contribution in [-0.2, 0) is 9.59 Å². The minimum atomic E-state index is -1.06. The molecule has 2 aliphatic heterocycles. The summed E-state index contributed by atoms with van der Waals surface area (Å²) in [6.07, 6.45) is 1.65. The van der Waals surface area contributed by atoms with Crippen LogP contribution in [-0.4, -0.2) is 76.0 Å². The van der Waals surface area contributed by atoms with Crippen molar-refractivity contribution >= 4 is 17.9 Å². The summed E-state index contributed by atoms with van der Waals surface area (Å²) in [6, 6.07) is -0.208. The van der Waals surface area contributed by atoms with Crippen LogP contribution in [0.3, 0.4) is 0 Å². The van der Waals surface area contributed by atoms with Crippen molar-refractivity contribution in [3.63, 3.8) is 0 Å². The van der Waals surface area contributed by atoms with Gasteiger partial charge in [-0.3, -0.25) is 4.79 Å². The summed E-state index contributed by atoms with van der Waals surface area (Å²) in [5.41, 5.74) is -1.06. The Kier molecular flexibility index (Phi) is 4.39. The van der Waals surface area contributed by atoms with Crippen LogP contribution in [0.1, 0.15) is 33.1 Å². The number of carbonyl (C=O) groups is 3. The molecule has 118 valence electrons. The summed E-state index contributed by atoms with van der Waals surface area (Å²) in [7, 11) is 0. The summed E-state index contributed by atoms with van der Waals surface area (Å²) in [6.45, 7) is 5.79. The summed E-state index contributed by atoms with van der Waals surface area (Å²) >= 11 is 0. The van der Waals surface area contributed by atoms with Crippen LogP contribution in [0.4, 0.5) is 4.79 Å². The van der Waals surface area contributed by atoms with Gasteiger partial charge >= 0.3 is 12.0 Å². The van der Waals surface area contributed by atoms with E-state index in [4.69, 9.17) is 0 Å². The normalized spacial score (nSPS) is 26.1. The van der Waals surface area contributed by atoms with Gasteiger partial charge in [0.15, 0.2) is 0 Å². The molecule has 2 rings (SSSR count). The van der Waals surface area contributed by atoms with Gasteiger partial charge in [0, 0.05) is 39.6 Å². The Morgan fingerprint density at radius 2 is 1.62 bits per heavy atom. The second-order valence-electron chi connectivity index (χ2n) is 5.72. The third-order valence-corrected chi connectivity index (χ3v) is 4.70. The quantitative estimate of drug-likeness (QED) is 0.809. The highest BCUT2D eigenvalue weighted by atomic mass is 16.4. The zero-order chi connectivity index (χ0) is 15.6.